The quantitative estimate of drug-likeness (QED) is 0.185. The molecule has 2 unspecified atom stereocenters. The number of alkyl halides is 1. The summed E-state index contributed by atoms with van der Waals surface area (Å²) in [6, 6.07) is 0. The Hall–Kier alpha value is -0.810. The van der Waals surface area contributed by atoms with Crippen molar-refractivity contribution in [3.05, 3.63) is 32.1 Å². The number of nitrogens with zero attached hydrogens (tertiary/aromatic N) is 1. The molecule has 22 heteroatoms. The van der Waals surface area contributed by atoms with Crippen LogP contribution >= 0.6 is 35.1 Å². The summed E-state index contributed by atoms with van der Waals surface area (Å²) in [6.07, 6.45) is -6.18. The molecule has 0 spiro atoms. The Balaban J connectivity index is 2.18. The van der Waals surface area contributed by atoms with E-state index in [2.05, 4.69) is 17.9 Å². The molecular weight excluding hydrogens is 523 g/mol. The van der Waals surface area contributed by atoms with Crippen LogP contribution in [-0.2, 0) is 31.6 Å². The van der Waals surface area contributed by atoms with E-state index in [1.807, 2.05) is 0 Å². The van der Waals surface area contributed by atoms with Gasteiger partial charge in [-0.3, -0.25) is 18.9 Å². The molecule has 1 aromatic heterocycles. The Bertz CT molecular complexity index is 1100. The van der Waals surface area contributed by atoms with E-state index < -0.39 is 70.6 Å². The zero-order valence-electron chi connectivity index (χ0n) is 14.4. The predicted octanol–water partition coefficient (Wildman–Crippen LogP) is -1.55. The molecule has 2 heterocycles. The van der Waals surface area contributed by atoms with Gasteiger partial charge in [-0.2, -0.15) is 8.62 Å². The largest absolute Gasteiger partial charge is 0.490 e. The number of nitrogens with one attached hydrogen (secondary N) is 1. The molecular formula is C9H13ClFN2O15P3. The summed E-state index contributed by atoms with van der Waals surface area (Å²) in [6.45, 7) is -1.78. The van der Waals surface area contributed by atoms with Crippen LogP contribution in [0.2, 0.25) is 5.02 Å². The summed E-state index contributed by atoms with van der Waals surface area (Å²) in [5.41, 5.74) is -2.28. The molecule has 1 aromatic rings. The minimum atomic E-state index is -5.89. The highest BCUT2D eigenvalue weighted by Crippen LogP contribution is 2.66. The monoisotopic (exact) mass is 536 g/mol. The van der Waals surface area contributed by atoms with Gasteiger partial charge in [-0.15, -0.1) is 0 Å². The van der Waals surface area contributed by atoms with Crippen molar-refractivity contribution in [1.82, 2.24) is 9.55 Å². The molecule has 0 amide bonds. The Kier molecular flexibility index (Phi) is 7.55. The van der Waals surface area contributed by atoms with Crippen molar-refractivity contribution in [3.8, 4) is 0 Å². The van der Waals surface area contributed by atoms with Crippen molar-refractivity contribution in [2.75, 3.05) is 6.61 Å². The molecule has 31 heavy (non-hydrogen) atoms. The standard InChI is InChI=1S/C9H13ClFN2O15P3/c10-3-1-13(8(17)12-6(3)16)7-4(14)5(15)9(11,26-7)2-25-30(21,22)28-31(23,24)27-29(18,19)20/h1,4-5,7,14-15H,2H2,(H,21,22)(H,23,24)(H,12,16,17)(H2,18,19,20)/t4-,5+,7-,9-/m1/s1. The van der Waals surface area contributed by atoms with Gasteiger partial charge in [0.15, 0.2) is 6.23 Å². The number of aliphatic hydroxyl groups is 2. The number of phosphoric ester groups is 1. The molecule has 1 fully saturated rings. The Labute approximate surface area is 174 Å². The van der Waals surface area contributed by atoms with Crippen LogP contribution < -0.4 is 11.2 Å². The number of aromatic amines is 1. The lowest BCUT2D eigenvalue weighted by Gasteiger charge is -2.24. The fourth-order valence-electron chi connectivity index (χ4n) is 2.21. The van der Waals surface area contributed by atoms with E-state index in [-0.39, 0.29) is 0 Å². The molecule has 0 aliphatic carbocycles. The maximum absolute atomic E-state index is 14.9. The first-order valence-electron chi connectivity index (χ1n) is 7.38. The summed E-state index contributed by atoms with van der Waals surface area (Å²) >= 11 is 5.52. The van der Waals surface area contributed by atoms with Gasteiger partial charge in [0.05, 0.1) is 0 Å². The Morgan fingerprint density at radius 2 is 1.74 bits per heavy atom. The van der Waals surface area contributed by atoms with Crippen LogP contribution in [0.15, 0.2) is 15.8 Å². The van der Waals surface area contributed by atoms with Crippen molar-refractivity contribution in [1.29, 1.82) is 0 Å². The molecule has 0 bridgehead atoms. The molecule has 2 rings (SSSR count). The van der Waals surface area contributed by atoms with E-state index in [0.717, 1.165) is 0 Å². The van der Waals surface area contributed by atoms with E-state index in [1.54, 1.807) is 4.98 Å². The number of hydrogen-bond donors (Lipinski definition) is 7. The zero-order chi connectivity index (χ0) is 24.0. The molecule has 17 nitrogen and oxygen atoms in total. The number of aromatic nitrogens is 2. The van der Waals surface area contributed by atoms with Crippen LogP contribution in [0.1, 0.15) is 6.23 Å². The molecule has 6 atom stereocenters. The minimum absolute atomic E-state index is 0.379. The second kappa shape index (κ2) is 8.85. The van der Waals surface area contributed by atoms with Gasteiger partial charge in [0.2, 0.25) is 0 Å². The third kappa shape index (κ3) is 6.60. The number of phosphoric acid groups is 3. The lowest BCUT2D eigenvalue weighted by molar-refractivity contribution is -0.204. The van der Waals surface area contributed by atoms with Gasteiger partial charge in [-0.1, -0.05) is 11.6 Å². The predicted molar refractivity (Wildman–Crippen MR) is 92.1 cm³/mol. The molecule has 0 radical (unpaired) electrons. The van der Waals surface area contributed by atoms with Gasteiger partial charge in [-0.25, -0.2) is 22.9 Å². The zero-order valence-corrected chi connectivity index (χ0v) is 17.9. The molecule has 1 saturated heterocycles. The van der Waals surface area contributed by atoms with Gasteiger partial charge < -0.3 is 34.5 Å². The van der Waals surface area contributed by atoms with Crippen LogP contribution in [0.4, 0.5) is 4.39 Å². The van der Waals surface area contributed by atoms with Crippen molar-refractivity contribution < 1.29 is 65.8 Å². The summed E-state index contributed by atoms with van der Waals surface area (Å²) in [4.78, 5) is 60.0. The molecule has 178 valence electrons. The van der Waals surface area contributed by atoms with Gasteiger partial charge in [0.25, 0.3) is 11.4 Å². The van der Waals surface area contributed by atoms with Gasteiger partial charge in [0, 0.05) is 6.20 Å². The van der Waals surface area contributed by atoms with E-state index in [1.165, 1.54) is 0 Å². The lowest BCUT2D eigenvalue weighted by Crippen LogP contribution is -2.43. The first-order chi connectivity index (χ1) is 13.9. The summed E-state index contributed by atoms with van der Waals surface area (Å²) in [5, 5.41) is 19.2. The first kappa shape index (κ1) is 26.4. The van der Waals surface area contributed by atoms with E-state index >= 15 is 0 Å². The summed E-state index contributed by atoms with van der Waals surface area (Å²) in [7, 11) is -17.3. The fraction of sp³-hybridized carbons (Fsp3) is 0.556. The van der Waals surface area contributed by atoms with Crippen LogP contribution in [-0.4, -0.2) is 64.0 Å². The van der Waals surface area contributed by atoms with Gasteiger partial charge >= 0.3 is 29.2 Å². The Morgan fingerprint density at radius 3 is 2.29 bits per heavy atom. The highest BCUT2D eigenvalue weighted by Gasteiger charge is 2.57. The van der Waals surface area contributed by atoms with Gasteiger partial charge in [0.1, 0.15) is 23.8 Å². The third-order valence-corrected chi connectivity index (χ3v) is 7.46. The number of H-pyrrole nitrogens is 1. The maximum atomic E-state index is 14.9. The molecule has 0 aromatic carbocycles. The van der Waals surface area contributed by atoms with Gasteiger partial charge in [-0.05, 0) is 0 Å². The first-order valence-corrected chi connectivity index (χ1v) is 12.3. The average molecular weight is 537 g/mol. The highest BCUT2D eigenvalue weighted by atomic mass is 35.5. The lowest BCUT2D eigenvalue weighted by atomic mass is 10.1. The number of rotatable bonds is 8. The van der Waals surface area contributed by atoms with E-state index in [4.69, 9.17) is 26.3 Å². The normalized spacial score (nSPS) is 30.6. The topological polar surface area (TPSA) is 264 Å². The third-order valence-electron chi connectivity index (χ3n) is 3.41. The number of aliphatic hydroxyl groups excluding tert-OH is 2. The number of halogens is 2. The number of ether oxygens (including phenoxy) is 1. The maximum Gasteiger partial charge on any atom is 0.490 e. The van der Waals surface area contributed by atoms with Crippen molar-refractivity contribution >= 4 is 35.1 Å². The van der Waals surface area contributed by atoms with Crippen LogP contribution in [0.5, 0.6) is 0 Å². The summed E-state index contributed by atoms with van der Waals surface area (Å²) in [5.74, 6) is -3.54. The molecule has 0 saturated carbocycles. The molecule has 1 aliphatic heterocycles. The number of hydrogen-bond acceptors (Lipinski definition) is 11. The second-order valence-corrected chi connectivity index (χ2v) is 10.6. The smallest absolute Gasteiger partial charge is 0.385 e. The van der Waals surface area contributed by atoms with Crippen LogP contribution in [0.25, 0.3) is 0 Å². The average Bonchev–Trinajstić information content (AvgIpc) is 2.78. The SMILES string of the molecule is O=c1[nH]c(=O)n([C@@H]2O[C@](F)(COP(=O)(O)OP(=O)(O)OP(=O)(O)O)[C@@H](O)[C@H]2O)cc1Cl. The van der Waals surface area contributed by atoms with Crippen LogP contribution in [0, 0.1) is 0 Å². The summed E-state index contributed by atoms with van der Waals surface area (Å²) < 4.78 is 64.2. The van der Waals surface area contributed by atoms with Crippen molar-refractivity contribution in [3.63, 3.8) is 0 Å². The minimum Gasteiger partial charge on any atom is -0.385 e. The molecule has 1 aliphatic rings. The van der Waals surface area contributed by atoms with Crippen LogP contribution in [0.3, 0.4) is 0 Å². The fourth-order valence-corrected chi connectivity index (χ4v) is 5.40. The van der Waals surface area contributed by atoms with E-state index in [0.29, 0.717) is 10.8 Å². The second-order valence-electron chi connectivity index (χ2n) is 5.74. The van der Waals surface area contributed by atoms with Crippen molar-refractivity contribution in [2.24, 2.45) is 0 Å². The van der Waals surface area contributed by atoms with Crippen molar-refractivity contribution in [2.45, 2.75) is 24.3 Å². The Morgan fingerprint density at radius 1 is 1.16 bits per heavy atom. The molecule has 7 N–H and O–H groups in total. The van der Waals surface area contributed by atoms with E-state index in [9.17, 15) is 42.8 Å². The highest BCUT2D eigenvalue weighted by molar-refractivity contribution is 7.66.